The number of carbonyl (C=O) groups is 1. The van der Waals surface area contributed by atoms with Crippen LogP contribution in [0.5, 0.6) is 0 Å². The molecule has 2 atom stereocenters. The molecule has 1 amide bonds. The summed E-state index contributed by atoms with van der Waals surface area (Å²) in [6, 6.07) is 17.7. The second-order valence-corrected chi connectivity index (χ2v) is 5.84. The van der Waals surface area contributed by atoms with E-state index >= 15 is 0 Å². The zero-order valence-corrected chi connectivity index (χ0v) is 14.5. The predicted octanol–water partition coefficient (Wildman–Crippen LogP) is 3.89. The van der Waals surface area contributed by atoms with Crippen molar-refractivity contribution >= 4 is 29.1 Å². The Balaban J connectivity index is 1.91. The van der Waals surface area contributed by atoms with Crippen LogP contribution >= 0.6 is 12.2 Å². The highest BCUT2D eigenvalue weighted by Crippen LogP contribution is 2.19. The molecule has 0 spiro atoms. The van der Waals surface area contributed by atoms with Gasteiger partial charge in [-0.1, -0.05) is 42.5 Å². The molecule has 2 rings (SSSR count). The molecule has 2 aromatic rings. The zero-order chi connectivity index (χ0) is 17.5. The minimum atomic E-state index is -0.787. The lowest BCUT2D eigenvalue weighted by Crippen LogP contribution is -2.30. The molecule has 0 radical (unpaired) electrons. The molecule has 0 fully saturated rings. The first-order chi connectivity index (χ1) is 11.5. The van der Waals surface area contributed by atoms with Crippen molar-refractivity contribution < 1.29 is 9.53 Å². The van der Waals surface area contributed by atoms with Gasteiger partial charge in [-0.2, -0.15) is 0 Å². The molecule has 0 aliphatic carbocycles. The Morgan fingerprint density at radius 3 is 2.25 bits per heavy atom. The Morgan fingerprint density at radius 2 is 1.67 bits per heavy atom. The molecule has 0 aliphatic rings. The molecule has 24 heavy (non-hydrogen) atoms. The molecule has 0 bridgehead atoms. The van der Waals surface area contributed by atoms with Crippen LogP contribution < -0.4 is 16.4 Å². The maximum atomic E-state index is 10.8. The second kappa shape index (κ2) is 8.31. The number of hydrogen-bond donors (Lipinski definition) is 3. The lowest BCUT2D eigenvalue weighted by Gasteiger charge is -2.18. The van der Waals surface area contributed by atoms with E-state index in [9.17, 15) is 4.79 Å². The van der Waals surface area contributed by atoms with Crippen molar-refractivity contribution in [2.45, 2.75) is 26.0 Å². The van der Waals surface area contributed by atoms with E-state index in [0.29, 0.717) is 5.11 Å². The summed E-state index contributed by atoms with van der Waals surface area (Å²) in [5.74, 6) is 0. The van der Waals surface area contributed by atoms with Crippen molar-refractivity contribution in [3.8, 4) is 0 Å². The van der Waals surface area contributed by atoms with Crippen molar-refractivity contribution in [1.82, 2.24) is 5.32 Å². The smallest absolute Gasteiger partial charge is 0.405 e. The summed E-state index contributed by atoms with van der Waals surface area (Å²) >= 11 is 5.35. The van der Waals surface area contributed by atoms with Crippen LogP contribution in [-0.2, 0) is 4.74 Å². The SMILES string of the molecule is CC(NC(=S)Nc1ccc(C(C)OC(N)=O)cc1)c1ccccc1. The maximum Gasteiger partial charge on any atom is 0.405 e. The van der Waals surface area contributed by atoms with Crippen molar-refractivity contribution in [2.75, 3.05) is 5.32 Å². The summed E-state index contributed by atoms with van der Waals surface area (Å²) in [5.41, 5.74) is 7.89. The molecule has 126 valence electrons. The number of nitrogens with one attached hydrogen (secondary N) is 2. The third-order valence-electron chi connectivity index (χ3n) is 3.58. The third-order valence-corrected chi connectivity index (χ3v) is 3.80. The van der Waals surface area contributed by atoms with Gasteiger partial charge in [0.25, 0.3) is 0 Å². The molecular formula is C18H21N3O2S. The monoisotopic (exact) mass is 343 g/mol. The van der Waals surface area contributed by atoms with Crippen LogP contribution in [-0.4, -0.2) is 11.2 Å². The quantitative estimate of drug-likeness (QED) is 0.718. The van der Waals surface area contributed by atoms with Crippen molar-refractivity contribution in [3.63, 3.8) is 0 Å². The molecule has 0 aliphatic heterocycles. The summed E-state index contributed by atoms with van der Waals surface area (Å²) in [5, 5.41) is 6.92. The Morgan fingerprint density at radius 1 is 1.04 bits per heavy atom. The average Bonchev–Trinajstić information content (AvgIpc) is 2.55. The van der Waals surface area contributed by atoms with Crippen LogP contribution in [0, 0.1) is 0 Å². The fourth-order valence-corrected chi connectivity index (χ4v) is 2.56. The molecule has 0 saturated carbocycles. The van der Waals surface area contributed by atoms with Crippen LogP contribution in [0.4, 0.5) is 10.5 Å². The zero-order valence-electron chi connectivity index (χ0n) is 13.7. The van der Waals surface area contributed by atoms with Crippen molar-refractivity contribution in [1.29, 1.82) is 0 Å². The molecule has 5 nitrogen and oxygen atoms in total. The number of benzene rings is 2. The fourth-order valence-electron chi connectivity index (χ4n) is 2.27. The molecule has 2 unspecified atom stereocenters. The van der Waals surface area contributed by atoms with Crippen LogP contribution in [0.15, 0.2) is 54.6 Å². The van der Waals surface area contributed by atoms with E-state index in [1.165, 1.54) is 0 Å². The lowest BCUT2D eigenvalue weighted by atomic mass is 10.1. The van der Waals surface area contributed by atoms with E-state index in [4.69, 9.17) is 22.7 Å². The number of thiocarbonyl (C=S) groups is 1. The second-order valence-electron chi connectivity index (χ2n) is 5.43. The average molecular weight is 343 g/mol. The van der Waals surface area contributed by atoms with Gasteiger partial charge in [-0.3, -0.25) is 0 Å². The van der Waals surface area contributed by atoms with Gasteiger partial charge in [0.2, 0.25) is 0 Å². The Labute approximate surface area is 147 Å². The van der Waals surface area contributed by atoms with E-state index in [1.54, 1.807) is 6.92 Å². The van der Waals surface area contributed by atoms with Gasteiger partial charge >= 0.3 is 6.09 Å². The number of rotatable bonds is 5. The minimum absolute atomic E-state index is 0.106. The first-order valence-corrected chi connectivity index (χ1v) is 8.05. The maximum absolute atomic E-state index is 10.8. The Kier molecular flexibility index (Phi) is 6.14. The van der Waals surface area contributed by atoms with Gasteiger partial charge in [-0.25, -0.2) is 4.79 Å². The van der Waals surface area contributed by atoms with Gasteiger partial charge in [0.05, 0.1) is 6.04 Å². The summed E-state index contributed by atoms with van der Waals surface area (Å²) in [4.78, 5) is 10.8. The number of carbonyl (C=O) groups excluding carboxylic acids is 1. The predicted molar refractivity (Wildman–Crippen MR) is 99.7 cm³/mol. The number of hydrogen-bond acceptors (Lipinski definition) is 3. The molecule has 2 aromatic carbocycles. The van der Waals surface area contributed by atoms with E-state index in [-0.39, 0.29) is 12.1 Å². The van der Waals surface area contributed by atoms with Gasteiger partial charge in [0.1, 0.15) is 6.10 Å². The fraction of sp³-hybridized carbons (Fsp3) is 0.222. The number of nitrogens with two attached hydrogens (primary N) is 1. The van der Waals surface area contributed by atoms with E-state index in [1.807, 2.05) is 42.5 Å². The molecule has 0 aromatic heterocycles. The molecular weight excluding hydrogens is 322 g/mol. The lowest BCUT2D eigenvalue weighted by molar-refractivity contribution is 0.116. The standard InChI is InChI=1S/C18H21N3O2S/c1-12(14-6-4-3-5-7-14)20-18(24)21-16-10-8-15(9-11-16)13(2)23-17(19)22/h3-13H,1-2H3,(H2,19,22)(H2,20,21,24). The van der Waals surface area contributed by atoms with Gasteiger partial charge in [-0.05, 0) is 49.3 Å². The van der Waals surface area contributed by atoms with Crippen LogP contribution in [0.1, 0.15) is 37.1 Å². The number of primary amides is 1. The molecule has 6 heteroatoms. The van der Waals surface area contributed by atoms with Gasteiger partial charge in [-0.15, -0.1) is 0 Å². The minimum Gasteiger partial charge on any atom is -0.442 e. The highest BCUT2D eigenvalue weighted by Gasteiger charge is 2.10. The van der Waals surface area contributed by atoms with Gasteiger partial charge in [0, 0.05) is 5.69 Å². The van der Waals surface area contributed by atoms with Crippen molar-refractivity contribution in [2.24, 2.45) is 5.73 Å². The number of anilines is 1. The highest BCUT2D eigenvalue weighted by molar-refractivity contribution is 7.80. The first-order valence-electron chi connectivity index (χ1n) is 7.64. The van der Waals surface area contributed by atoms with E-state index in [0.717, 1.165) is 16.8 Å². The summed E-state index contributed by atoms with van der Waals surface area (Å²) in [7, 11) is 0. The highest BCUT2D eigenvalue weighted by atomic mass is 32.1. The molecule has 0 heterocycles. The van der Waals surface area contributed by atoms with Crippen LogP contribution in [0.2, 0.25) is 0 Å². The van der Waals surface area contributed by atoms with Gasteiger partial charge in [0.15, 0.2) is 5.11 Å². The van der Waals surface area contributed by atoms with E-state index in [2.05, 4.69) is 29.7 Å². The van der Waals surface area contributed by atoms with Crippen LogP contribution in [0.3, 0.4) is 0 Å². The largest absolute Gasteiger partial charge is 0.442 e. The molecule has 0 saturated heterocycles. The molecule has 4 N–H and O–H groups in total. The summed E-state index contributed by atoms with van der Waals surface area (Å²) in [6.45, 7) is 3.82. The number of ether oxygens (including phenoxy) is 1. The summed E-state index contributed by atoms with van der Waals surface area (Å²) < 4.78 is 4.94. The Bertz CT molecular complexity index is 689. The van der Waals surface area contributed by atoms with E-state index < -0.39 is 6.09 Å². The summed E-state index contributed by atoms with van der Waals surface area (Å²) in [6.07, 6.45) is -1.18. The normalized spacial score (nSPS) is 12.8. The van der Waals surface area contributed by atoms with Crippen molar-refractivity contribution in [3.05, 3.63) is 65.7 Å². The number of amides is 1. The van der Waals surface area contributed by atoms with Gasteiger partial charge < -0.3 is 21.1 Å². The van der Waals surface area contributed by atoms with Crippen LogP contribution in [0.25, 0.3) is 0 Å². The first kappa shape index (κ1) is 17.7. The third kappa shape index (κ3) is 5.24. The topological polar surface area (TPSA) is 76.4 Å². The Hall–Kier alpha value is -2.60.